The molecule has 0 unspecified atom stereocenters. The number of nitrogens with zero attached hydrogens (tertiary/aromatic N) is 3. The van der Waals surface area contributed by atoms with Crippen LogP contribution in [0.5, 0.6) is 0 Å². The van der Waals surface area contributed by atoms with Gasteiger partial charge in [-0.05, 0) is 11.6 Å². The molecule has 0 saturated heterocycles. The lowest BCUT2D eigenvalue weighted by Crippen LogP contribution is -2.12. The minimum absolute atomic E-state index is 0.0176. The number of thioether (sulfide) groups is 1. The molecule has 1 heterocycles. The number of aromatic nitrogens is 3. The molecule has 5 nitrogen and oxygen atoms in total. The second-order valence-corrected chi connectivity index (χ2v) is 4.49. The van der Waals surface area contributed by atoms with Gasteiger partial charge in [0.2, 0.25) is 0 Å². The quantitative estimate of drug-likeness (QED) is 0.851. The van der Waals surface area contributed by atoms with Crippen LogP contribution < -0.4 is 5.69 Å². The van der Waals surface area contributed by atoms with Gasteiger partial charge in [-0.2, -0.15) is 5.26 Å². The van der Waals surface area contributed by atoms with E-state index in [-0.39, 0.29) is 11.3 Å². The lowest BCUT2D eigenvalue weighted by Gasteiger charge is -2.03. The average molecular weight is 264 g/mol. The maximum absolute atomic E-state index is 13.7. The highest BCUT2D eigenvalue weighted by Gasteiger charge is 2.10. The van der Waals surface area contributed by atoms with E-state index in [1.165, 1.54) is 22.4 Å². The summed E-state index contributed by atoms with van der Waals surface area (Å²) in [6, 6.07) is 6.44. The van der Waals surface area contributed by atoms with E-state index >= 15 is 0 Å². The summed E-state index contributed by atoms with van der Waals surface area (Å²) >= 11 is 1.23. The summed E-state index contributed by atoms with van der Waals surface area (Å²) in [6.45, 7) is 0. The van der Waals surface area contributed by atoms with Gasteiger partial charge in [0.25, 0.3) is 0 Å². The van der Waals surface area contributed by atoms with Crippen LogP contribution in [-0.2, 0) is 12.8 Å². The maximum Gasteiger partial charge on any atom is 0.343 e. The van der Waals surface area contributed by atoms with E-state index in [2.05, 4.69) is 10.2 Å². The van der Waals surface area contributed by atoms with Gasteiger partial charge in [-0.25, -0.2) is 14.3 Å². The van der Waals surface area contributed by atoms with E-state index in [0.29, 0.717) is 16.5 Å². The van der Waals surface area contributed by atoms with Crippen molar-refractivity contribution in [2.45, 2.75) is 10.9 Å². The van der Waals surface area contributed by atoms with Crippen molar-refractivity contribution in [2.75, 3.05) is 0 Å². The van der Waals surface area contributed by atoms with Gasteiger partial charge in [-0.3, -0.25) is 4.57 Å². The summed E-state index contributed by atoms with van der Waals surface area (Å²) < 4.78 is 15.1. The molecule has 18 heavy (non-hydrogen) atoms. The van der Waals surface area contributed by atoms with Crippen molar-refractivity contribution in [2.24, 2.45) is 7.05 Å². The van der Waals surface area contributed by atoms with Crippen LogP contribution in [0.3, 0.4) is 0 Å². The first-order chi connectivity index (χ1) is 8.63. The molecule has 0 amide bonds. The van der Waals surface area contributed by atoms with Gasteiger partial charge in [-0.1, -0.05) is 23.9 Å². The van der Waals surface area contributed by atoms with Crippen molar-refractivity contribution in [1.29, 1.82) is 5.26 Å². The highest BCUT2D eigenvalue weighted by molar-refractivity contribution is 7.98. The number of aromatic amines is 1. The molecule has 2 aromatic rings. The highest BCUT2D eigenvalue weighted by Crippen LogP contribution is 2.22. The molecule has 0 fully saturated rings. The van der Waals surface area contributed by atoms with Crippen LogP contribution in [0, 0.1) is 17.1 Å². The Morgan fingerprint density at radius 1 is 1.61 bits per heavy atom. The Morgan fingerprint density at radius 3 is 3.00 bits per heavy atom. The van der Waals surface area contributed by atoms with Crippen molar-refractivity contribution < 1.29 is 4.39 Å². The third-order valence-electron chi connectivity index (χ3n) is 2.39. The molecule has 0 spiro atoms. The van der Waals surface area contributed by atoms with Crippen LogP contribution in [0.1, 0.15) is 11.1 Å². The van der Waals surface area contributed by atoms with Crippen LogP contribution in [0.15, 0.2) is 28.2 Å². The van der Waals surface area contributed by atoms with E-state index in [4.69, 9.17) is 5.26 Å². The monoisotopic (exact) mass is 264 g/mol. The number of rotatable bonds is 3. The molecule has 2 rings (SSSR count). The maximum atomic E-state index is 13.7. The zero-order valence-electron chi connectivity index (χ0n) is 9.48. The zero-order chi connectivity index (χ0) is 13.1. The molecule has 0 saturated carbocycles. The van der Waals surface area contributed by atoms with Gasteiger partial charge in [0.15, 0.2) is 5.16 Å². The summed E-state index contributed by atoms with van der Waals surface area (Å²) in [5.41, 5.74) is 0.113. The van der Waals surface area contributed by atoms with Crippen LogP contribution in [0.25, 0.3) is 0 Å². The number of H-pyrrole nitrogens is 1. The molecule has 0 aliphatic rings. The first kappa shape index (κ1) is 12.4. The van der Waals surface area contributed by atoms with Crippen molar-refractivity contribution in [3.05, 3.63) is 45.6 Å². The average Bonchev–Trinajstić information content (AvgIpc) is 2.69. The Hall–Kier alpha value is -2.07. The van der Waals surface area contributed by atoms with Gasteiger partial charge >= 0.3 is 5.69 Å². The predicted octanol–water partition coefficient (Wildman–Crippen LogP) is 1.41. The SMILES string of the molecule is Cn1c(SCc2cccc(C#N)c2F)n[nH]c1=O. The third kappa shape index (κ3) is 2.28. The number of nitrogens with one attached hydrogen (secondary N) is 1. The van der Waals surface area contributed by atoms with Gasteiger partial charge in [0.1, 0.15) is 11.9 Å². The normalized spacial score (nSPS) is 10.3. The van der Waals surface area contributed by atoms with Crippen LogP contribution in [0.4, 0.5) is 4.39 Å². The Kier molecular flexibility index (Phi) is 3.48. The van der Waals surface area contributed by atoms with Gasteiger partial charge in [0, 0.05) is 12.8 Å². The summed E-state index contributed by atoms with van der Waals surface area (Å²) in [4.78, 5) is 11.1. The van der Waals surface area contributed by atoms with Gasteiger partial charge in [0.05, 0.1) is 5.56 Å². The summed E-state index contributed by atoms with van der Waals surface area (Å²) in [5.74, 6) is -0.215. The molecule has 0 aliphatic carbocycles. The second kappa shape index (κ2) is 5.06. The third-order valence-corrected chi connectivity index (χ3v) is 3.47. The smallest absolute Gasteiger partial charge is 0.273 e. The standard InChI is InChI=1S/C11H9FN4OS/c1-16-10(17)14-15-11(16)18-6-8-4-2-3-7(5-13)9(8)12/h2-4H,6H2,1H3,(H,14,17). The fourth-order valence-electron chi connectivity index (χ4n) is 1.38. The van der Waals surface area contributed by atoms with Crippen molar-refractivity contribution in [3.63, 3.8) is 0 Å². The topological polar surface area (TPSA) is 74.5 Å². The highest BCUT2D eigenvalue weighted by atomic mass is 32.2. The Labute approximate surface area is 106 Å². The van der Waals surface area contributed by atoms with Crippen molar-refractivity contribution >= 4 is 11.8 Å². The van der Waals surface area contributed by atoms with E-state index < -0.39 is 5.82 Å². The molecule has 0 radical (unpaired) electrons. The van der Waals surface area contributed by atoms with E-state index in [1.807, 2.05) is 0 Å². The molecule has 0 bridgehead atoms. The molecular weight excluding hydrogens is 255 g/mol. The fourth-order valence-corrected chi connectivity index (χ4v) is 2.28. The van der Waals surface area contributed by atoms with Crippen molar-refractivity contribution in [3.8, 4) is 6.07 Å². The van der Waals surface area contributed by atoms with E-state index in [9.17, 15) is 9.18 Å². The van der Waals surface area contributed by atoms with Gasteiger partial charge < -0.3 is 0 Å². The largest absolute Gasteiger partial charge is 0.343 e. The Bertz CT molecular complexity index is 670. The minimum atomic E-state index is -0.520. The summed E-state index contributed by atoms with van der Waals surface area (Å²) in [5, 5.41) is 15.3. The first-order valence-corrected chi connectivity index (χ1v) is 6.03. The molecule has 1 aromatic carbocycles. The fraction of sp³-hybridized carbons (Fsp3) is 0.182. The summed E-state index contributed by atoms with van der Waals surface area (Å²) in [6.07, 6.45) is 0. The van der Waals surface area contributed by atoms with E-state index in [0.717, 1.165) is 0 Å². The molecule has 0 atom stereocenters. The van der Waals surface area contributed by atoms with E-state index in [1.54, 1.807) is 25.2 Å². The number of halogens is 1. The number of hydrogen-bond acceptors (Lipinski definition) is 4. The Morgan fingerprint density at radius 2 is 2.39 bits per heavy atom. The Balaban J connectivity index is 2.19. The van der Waals surface area contributed by atoms with Crippen LogP contribution >= 0.6 is 11.8 Å². The molecule has 0 aliphatic heterocycles. The zero-order valence-corrected chi connectivity index (χ0v) is 10.3. The minimum Gasteiger partial charge on any atom is -0.273 e. The lowest BCUT2D eigenvalue weighted by atomic mass is 10.1. The number of hydrogen-bond donors (Lipinski definition) is 1. The van der Waals surface area contributed by atoms with Crippen LogP contribution in [0.2, 0.25) is 0 Å². The predicted molar refractivity (Wildman–Crippen MR) is 64.5 cm³/mol. The molecule has 1 N–H and O–H groups in total. The van der Waals surface area contributed by atoms with Crippen LogP contribution in [-0.4, -0.2) is 14.8 Å². The second-order valence-electron chi connectivity index (χ2n) is 3.55. The molecule has 92 valence electrons. The first-order valence-electron chi connectivity index (χ1n) is 5.05. The number of benzene rings is 1. The molecular formula is C11H9FN4OS. The number of nitriles is 1. The molecule has 1 aromatic heterocycles. The van der Waals surface area contributed by atoms with Crippen molar-refractivity contribution in [1.82, 2.24) is 14.8 Å². The lowest BCUT2D eigenvalue weighted by molar-refractivity contribution is 0.613. The van der Waals surface area contributed by atoms with Gasteiger partial charge in [-0.15, -0.1) is 5.10 Å². The summed E-state index contributed by atoms with van der Waals surface area (Å²) in [7, 11) is 1.58. The molecule has 7 heteroatoms.